The van der Waals surface area contributed by atoms with E-state index < -0.39 is 10.0 Å². The van der Waals surface area contributed by atoms with Crippen LogP contribution in [0, 0.1) is 5.41 Å². The maximum atomic E-state index is 13.2. The minimum absolute atomic E-state index is 0.143. The maximum absolute atomic E-state index is 13.2. The van der Waals surface area contributed by atoms with E-state index in [-0.39, 0.29) is 22.3 Å². The molecule has 0 amide bonds. The quantitative estimate of drug-likeness (QED) is 0.530. The second-order valence-corrected chi connectivity index (χ2v) is 11.5. The summed E-state index contributed by atoms with van der Waals surface area (Å²) in [5, 5.41) is 0.867. The highest BCUT2D eigenvalue weighted by Gasteiger charge is 2.50. The van der Waals surface area contributed by atoms with Crippen molar-refractivity contribution in [2.45, 2.75) is 44.0 Å². The third-order valence-electron chi connectivity index (χ3n) is 7.68. The van der Waals surface area contributed by atoms with Gasteiger partial charge in [-0.3, -0.25) is 9.62 Å². The van der Waals surface area contributed by atoms with Gasteiger partial charge >= 0.3 is 5.97 Å². The molecule has 8 heteroatoms. The van der Waals surface area contributed by atoms with Crippen molar-refractivity contribution in [3.63, 3.8) is 0 Å². The van der Waals surface area contributed by atoms with Crippen LogP contribution in [-0.2, 0) is 26.0 Å². The molecule has 182 valence electrons. The number of esters is 1. The van der Waals surface area contributed by atoms with Crippen molar-refractivity contribution in [2.24, 2.45) is 5.41 Å². The number of carbonyl (C=O) groups is 1. The van der Waals surface area contributed by atoms with Crippen LogP contribution in [0.4, 0.5) is 5.69 Å². The topological polar surface area (TPSA) is 80.6 Å². The summed E-state index contributed by atoms with van der Waals surface area (Å²) in [6.07, 6.45) is 4.97. The first-order valence-electron chi connectivity index (χ1n) is 12.2. The number of anilines is 1. The van der Waals surface area contributed by atoms with Crippen molar-refractivity contribution in [3.05, 3.63) is 65.9 Å². The maximum Gasteiger partial charge on any atom is 0.354 e. The van der Waals surface area contributed by atoms with Crippen LogP contribution in [0.15, 0.2) is 59.5 Å². The number of ether oxygens (including phenoxy) is 1. The van der Waals surface area contributed by atoms with E-state index in [1.165, 1.54) is 0 Å². The first-order valence-corrected chi connectivity index (χ1v) is 13.7. The molecule has 3 aliphatic heterocycles. The van der Waals surface area contributed by atoms with Gasteiger partial charge in [0.25, 0.3) is 10.0 Å². The Morgan fingerprint density at radius 3 is 2.71 bits per heavy atom. The average Bonchev–Trinajstić information content (AvgIpc) is 3.19. The summed E-state index contributed by atoms with van der Waals surface area (Å²) in [5.41, 5.74) is 3.93. The van der Waals surface area contributed by atoms with Gasteiger partial charge in [-0.2, -0.15) is 0 Å². The molecule has 4 heterocycles. The molecule has 6 rings (SSSR count). The number of carbonyl (C=O) groups excluding carboxylic acids is 1. The minimum Gasteiger partial charge on any atom is -0.461 e. The first-order chi connectivity index (χ1) is 16.8. The summed E-state index contributed by atoms with van der Waals surface area (Å²) in [4.78, 5) is 15.9. The van der Waals surface area contributed by atoms with E-state index in [0.717, 1.165) is 54.5 Å². The molecule has 3 aromatic rings. The average molecular weight is 492 g/mol. The van der Waals surface area contributed by atoms with Gasteiger partial charge in [0.05, 0.1) is 28.7 Å². The zero-order valence-electron chi connectivity index (χ0n) is 20.0. The van der Waals surface area contributed by atoms with Gasteiger partial charge in [-0.25, -0.2) is 13.2 Å². The first kappa shape index (κ1) is 22.4. The monoisotopic (exact) mass is 491 g/mol. The van der Waals surface area contributed by atoms with Crippen molar-refractivity contribution in [3.8, 4) is 0 Å². The van der Waals surface area contributed by atoms with E-state index in [9.17, 15) is 13.2 Å². The van der Waals surface area contributed by atoms with Crippen LogP contribution in [0.25, 0.3) is 16.6 Å². The number of nitrogens with zero attached hydrogens (tertiary/aromatic N) is 2. The molecule has 7 nitrogen and oxygen atoms in total. The van der Waals surface area contributed by atoms with E-state index in [0.29, 0.717) is 18.0 Å². The van der Waals surface area contributed by atoms with Crippen LogP contribution in [0.2, 0.25) is 0 Å². The number of aromatic nitrogens is 1. The molecule has 2 aromatic carbocycles. The molecule has 0 spiro atoms. The highest BCUT2D eigenvalue weighted by Crippen LogP contribution is 2.56. The molecular weight excluding hydrogens is 462 g/mol. The lowest BCUT2D eigenvalue weighted by molar-refractivity contribution is -0.136. The molecule has 0 bridgehead atoms. The van der Waals surface area contributed by atoms with Gasteiger partial charge in [0.1, 0.15) is 5.70 Å². The fraction of sp³-hybridized carbons (Fsp3) is 0.370. The zero-order valence-corrected chi connectivity index (χ0v) is 20.8. The van der Waals surface area contributed by atoms with Crippen LogP contribution in [0.1, 0.15) is 44.0 Å². The molecule has 3 aliphatic rings. The number of sulfonamides is 1. The summed E-state index contributed by atoms with van der Waals surface area (Å²) in [6.45, 7) is 6.28. The van der Waals surface area contributed by atoms with Gasteiger partial charge in [0, 0.05) is 23.0 Å². The Morgan fingerprint density at radius 2 is 1.94 bits per heavy atom. The lowest BCUT2D eigenvalue weighted by Crippen LogP contribution is -2.50. The number of hydrogen-bond acceptors (Lipinski definition) is 5. The third-order valence-corrected chi connectivity index (χ3v) is 9.07. The molecule has 0 saturated carbocycles. The second kappa shape index (κ2) is 7.96. The summed E-state index contributed by atoms with van der Waals surface area (Å²) in [6, 6.07) is 14.2. The zero-order chi connectivity index (χ0) is 24.4. The van der Waals surface area contributed by atoms with Crippen LogP contribution in [-0.4, -0.2) is 43.6 Å². The van der Waals surface area contributed by atoms with E-state index in [2.05, 4.69) is 22.6 Å². The van der Waals surface area contributed by atoms with E-state index in [1.807, 2.05) is 29.7 Å². The van der Waals surface area contributed by atoms with Gasteiger partial charge in [0.15, 0.2) is 0 Å². The van der Waals surface area contributed by atoms with Crippen molar-refractivity contribution < 1.29 is 17.9 Å². The fourth-order valence-corrected chi connectivity index (χ4v) is 7.43. The van der Waals surface area contributed by atoms with Gasteiger partial charge < -0.3 is 9.30 Å². The van der Waals surface area contributed by atoms with Crippen molar-refractivity contribution in [1.29, 1.82) is 0 Å². The van der Waals surface area contributed by atoms with Crippen molar-refractivity contribution in [2.75, 3.05) is 24.4 Å². The summed E-state index contributed by atoms with van der Waals surface area (Å²) in [7, 11) is -3.77. The molecule has 1 aromatic heterocycles. The van der Waals surface area contributed by atoms with Gasteiger partial charge in [0.2, 0.25) is 0 Å². The smallest absolute Gasteiger partial charge is 0.354 e. The standard InChI is InChI=1S/C27H29N3O4S/c1-3-34-26(31)22-17-27(2)14-8-15-29-16-13-19-23-20(28-35(32,33)18-9-5-4-6-10-18)11-7-12-21(23)30(22)24(19)25(27)29/h4-7,9-12,17,25,28H,3,8,13-16H2,1-2H3/t25-,27+/m1/s1. The van der Waals surface area contributed by atoms with E-state index in [1.54, 1.807) is 30.3 Å². The van der Waals surface area contributed by atoms with Crippen LogP contribution >= 0.6 is 0 Å². The number of benzene rings is 2. The number of rotatable bonds is 5. The highest BCUT2D eigenvalue weighted by molar-refractivity contribution is 7.92. The molecule has 0 radical (unpaired) electrons. The Kier molecular flexibility index (Phi) is 5.09. The Balaban J connectivity index is 1.59. The summed E-state index contributed by atoms with van der Waals surface area (Å²) < 4.78 is 36.8. The van der Waals surface area contributed by atoms with E-state index >= 15 is 0 Å². The second-order valence-electron chi connectivity index (χ2n) is 9.87. The normalized spacial score (nSPS) is 23.5. The van der Waals surface area contributed by atoms with Crippen LogP contribution < -0.4 is 4.72 Å². The molecule has 2 atom stereocenters. The van der Waals surface area contributed by atoms with Crippen LogP contribution in [0.3, 0.4) is 0 Å². The predicted octanol–water partition coefficient (Wildman–Crippen LogP) is 4.56. The Morgan fingerprint density at radius 1 is 1.14 bits per heavy atom. The molecule has 0 aliphatic carbocycles. The molecule has 0 unspecified atom stereocenters. The predicted molar refractivity (Wildman–Crippen MR) is 135 cm³/mol. The summed E-state index contributed by atoms with van der Waals surface area (Å²) in [5.74, 6) is -0.343. The Labute approximate surface area is 205 Å². The summed E-state index contributed by atoms with van der Waals surface area (Å²) >= 11 is 0. The van der Waals surface area contributed by atoms with Gasteiger partial charge in [-0.1, -0.05) is 31.2 Å². The molecule has 1 fully saturated rings. The largest absolute Gasteiger partial charge is 0.461 e. The minimum atomic E-state index is -3.77. The number of piperidine rings is 1. The third kappa shape index (κ3) is 3.34. The number of nitrogens with one attached hydrogen (secondary N) is 1. The Bertz CT molecular complexity index is 1480. The van der Waals surface area contributed by atoms with E-state index in [4.69, 9.17) is 4.74 Å². The lowest BCUT2D eigenvalue weighted by atomic mass is 9.69. The molecule has 1 N–H and O–H groups in total. The fourth-order valence-electron chi connectivity index (χ4n) is 6.34. The Hall–Kier alpha value is -3.10. The van der Waals surface area contributed by atoms with Crippen molar-refractivity contribution >= 4 is 38.3 Å². The van der Waals surface area contributed by atoms with Gasteiger partial charge in [-0.15, -0.1) is 0 Å². The SMILES string of the molecule is CCOC(=O)C1=C[C@]2(C)CCCN3CCc4c(n1c1cccc(NS(=O)(=O)c5ccccc5)c41)[C@@H]32. The number of fused-ring (bicyclic) bond motifs is 3. The number of hydrogen-bond donors (Lipinski definition) is 1. The molecule has 1 saturated heterocycles. The van der Waals surface area contributed by atoms with Crippen LogP contribution in [0.5, 0.6) is 0 Å². The molecule has 35 heavy (non-hydrogen) atoms. The lowest BCUT2D eigenvalue weighted by Gasteiger charge is -2.52. The van der Waals surface area contributed by atoms with Gasteiger partial charge in [-0.05, 0) is 68.6 Å². The van der Waals surface area contributed by atoms with Crippen molar-refractivity contribution in [1.82, 2.24) is 9.47 Å². The highest BCUT2D eigenvalue weighted by atomic mass is 32.2. The molecular formula is C27H29N3O4S.